The van der Waals surface area contributed by atoms with Gasteiger partial charge in [0.2, 0.25) is 5.82 Å². The van der Waals surface area contributed by atoms with Crippen LogP contribution in [0.4, 0.5) is 13.2 Å². The molecule has 0 unspecified atom stereocenters. The highest BCUT2D eigenvalue weighted by molar-refractivity contribution is 6.30. The van der Waals surface area contributed by atoms with Crippen LogP contribution >= 0.6 is 11.6 Å². The largest absolute Gasteiger partial charge is 0.451 e. The lowest BCUT2D eigenvalue weighted by atomic mass is 10.3. The van der Waals surface area contributed by atoms with Crippen molar-refractivity contribution >= 4 is 28.3 Å². The fourth-order valence-electron chi connectivity index (χ4n) is 2.23. The third-order valence-electron chi connectivity index (χ3n) is 3.17. The van der Waals surface area contributed by atoms with Gasteiger partial charge in [0.25, 0.3) is 0 Å². The van der Waals surface area contributed by atoms with Crippen LogP contribution in [0.3, 0.4) is 0 Å². The van der Waals surface area contributed by atoms with E-state index in [1.165, 1.54) is 10.9 Å². The van der Waals surface area contributed by atoms with Gasteiger partial charge in [0.1, 0.15) is 0 Å². The summed E-state index contributed by atoms with van der Waals surface area (Å²) in [6.45, 7) is 0. The van der Waals surface area contributed by atoms with Crippen molar-refractivity contribution < 1.29 is 13.2 Å². The van der Waals surface area contributed by atoms with Gasteiger partial charge in [-0.3, -0.25) is 0 Å². The van der Waals surface area contributed by atoms with Crippen molar-refractivity contribution in [3.8, 4) is 5.69 Å². The van der Waals surface area contributed by atoms with Gasteiger partial charge in [-0.1, -0.05) is 17.7 Å². The Morgan fingerprint density at radius 2 is 1.96 bits per heavy atom. The molecule has 0 saturated heterocycles. The fourth-order valence-corrected chi connectivity index (χ4v) is 2.42. The van der Waals surface area contributed by atoms with Crippen molar-refractivity contribution in [1.82, 2.24) is 34.8 Å². The molecule has 4 rings (SSSR count). The van der Waals surface area contributed by atoms with Crippen LogP contribution in [0.15, 0.2) is 30.5 Å². The first kappa shape index (κ1) is 13.9. The van der Waals surface area contributed by atoms with Gasteiger partial charge < -0.3 is 0 Å². The van der Waals surface area contributed by atoms with Crippen LogP contribution in [0.5, 0.6) is 0 Å². The zero-order valence-corrected chi connectivity index (χ0v) is 11.8. The van der Waals surface area contributed by atoms with Crippen molar-refractivity contribution in [3.63, 3.8) is 0 Å². The molecular weight excluding hydrogens is 335 g/mol. The Kier molecular flexibility index (Phi) is 2.79. The molecule has 3 heterocycles. The van der Waals surface area contributed by atoms with E-state index in [0.29, 0.717) is 20.6 Å². The molecule has 0 aliphatic heterocycles. The van der Waals surface area contributed by atoms with Crippen LogP contribution in [0, 0.1) is 0 Å². The molecule has 11 heteroatoms. The molecule has 0 N–H and O–H groups in total. The van der Waals surface area contributed by atoms with Gasteiger partial charge in [-0.05, 0) is 28.6 Å². The summed E-state index contributed by atoms with van der Waals surface area (Å²) in [6, 6.07) is 6.52. The zero-order chi connectivity index (χ0) is 16.2. The number of halogens is 4. The van der Waals surface area contributed by atoms with Gasteiger partial charge in [-0.15, -0.1) is 5.10 Å². The molecule has 4 aromatic rings. The van der Waals surface area contributed by atoms with Crippen molar-refractivity contribution in [2.75, 3.05) is 0 Å². The van der Waals surface area contributed by atoms with E-state index in [1.54, 1.807) is 24.3 Å². The number of benzene rings is 1. The summed E-state index contributed by atoms with van der Waals surface area (Å²) in [7, 11) is 0. The average molecular weight is 340 g/mol. The molecule has 0 atom stereocenters. The first-order valence-electron chi connectivity index (χ1n) is 6.24. The molecule has 0 fully saturated rings. The molecule has 116 valence electrons. The van der Waals surface area contributed by atoms with Crippen LogP contribution < -0.4 is 0 Å². The molecule has 1 aromatic carbocycles. The molecule has 0 saturated carbocycles. The molecule has 7 nitrogen and oxygen atoms in total. The summed E-state index contributed by atoms with van der Waals surface area (Å²) in [6.07, 6.45) is -3.36. The number of hydrogen-bond acceptors (Lipinski definition) is 5. The monoisotopic (exact) mass is 339 g/mol. The highest BCUT2D eigenvalue weighted by atomic mass is 35.5. The number of tetrazole rings is 1. The third kappa shape index (κ3) is 2.10. The molecule has 0 aliphatic rings. The third-order valence-corrected chi connectivity index (χ3v) is 3.41. The van der Waals surface area contributed by atoms with Crippen LogP contribution in [0.1, 0.15) is 5.82 Å². The van der Waals surface area contributed by atoms with E-state index in [0.717, 1.165) is 0 Å². The normalized spacial score (nSPS) is 12.3. The Morgan fingerprint density at radius 1 is 1.13 bits per heavy atom. The minimum atomic E-state index is -4.72. The highest BCUT2D eigenvalue weighted by Crippen LogP contribution is 2.30. The van der Waals surface area contributed by atoms with E-state index < -0.39 is 12.0 Å². The molecular formula is C12H5ClF3N7. The van der Waals surface area contributed by atoms with Crippen LogP contribution in [0.25, 0.3) is 22.4 Å². The average Bonchev–Trinajstić information content (AvgIpc) is 3.11. The lowest BCUT2D eigenvalue weighted by Gasteiger charge is -2.08. The Hall–Kier alpha value is -2.75. The molecule has 0 bridgehead atoms. The number of fused-ring (bicyclic) bond motifs is 3. The summed E-state index contributed by atoms with van der Waals surface area (Å²) >= 11 is 5.92. The number of alkyl halides is 3. The van der Waals surface area contributed by atoms with Crippen molar-refractivity contribution in [2.24, 2.45) is 0 Å². The number of hydrogen-bond donors (Lipinski definition) is 0. The quantitative estimate of drug-likeness (QED) is 0.533. The van der Waals surface area contributed by atoms with E-state index in [1.807, 2.05) is 0 Å². The minimum absolute atomic E-state index is 0.0121. The highest BCUT2D eigenvalue weighted by Gasteiger charge is 2.38. The van der Waals surface area contributed by atoms with E-state index >= 15 is 0 Å². The standard InChI is InChI=1S/C12H5ClF3N7/c13-6-2-1-3-7(4-6)22-9-8(5-17-22)10-19-20-21-23(10)11(18-9)12(14,15)16/h1-5H. The van der Waals surface area contributed by atoms with Crippen LogP contribution in [-0.4, -0.2) is 34.8 Å². The maximum absolute atomic E-state index is 13.2. The summed E-state index contributed by atoms with van der Waals surface area (Å²) in [5.41, 5.74) is 0.391. The maximum Gasteiger partial charge on any atom is 0.451 e. The maximum atomic E-state index is 13.2. The Balaban J connectivity index is 2.09. The molecule has 3 aromatic heterocycles. The second-order valence-corrected chi connectivity index (χ2v) is 5.06. The summed E-state index contributed by atoms with van der Waals surface area (Å²) in [5.74, 6) is -1.23. The van der Waals surface area contributed by atoms with Crippen LogP contribution in [0.2, 0.25) is 5.02 Å². The first-order chi connectivity index (χ1) is 10.9. The SMILES string of the molecule is FC(F)(F)c1nc2c(cnn2-c2cccc(Cl)c2)c2nnnn12. The van der Waals surface area contributed by atoms with Crippen LogP contribution in [-0.2, 0) is 6.18 Å². The van der Waals surface area contributed by atoms with Crippen molar-refractivity contribution in [3.05, 3.63) is 41.3 Å². The van der Waals surface area contributed by atoms with Gasteiger partial charge in [-0.2, -0.15) is 22.8 Å². The molecule has 0 radical (unpaired) electrons. The number of aromatic nitrogens is 7. The van der Waals surface area contributed by atoms with Gasteiger partial charge in [-0.25, -0.2) is 9.67 Å². The number of rotatable bonds is 1. The lowest BCUT2D eigenvalue weighted by molar-refractivity contribution is -0.146. The zero-order valence-electron chi connectivity index (χ0n) is 11.0. The second kappa shape index (κ2) is 4.62. The van der Waals surface area contributed by atoms with Crippen molar-refractivity contribution in [2.45, 2.75) is 6.18 Å². The smallest absolute Gasteiger partial charge is 0.214 e. The van der Waals surface area contributed by atoms with E-state index in [-0.39, 0.29) is 11.3 Å². The van der Waals surface area contributed by atoms with E-state index in [9.17, 15) is 13.2 Å². The van der Waals surface area contributed by atoms with Gasteiger partial charge in [0.15, 0.2) is 11.3 Å². The predicted octanol–water partition coefficient (Wildman–Crippen LogP) is 2.53. The summed E-state index contributed by atoms with van der Waals surface area (Å²) in [4.78, 5) is 3.67. The minimum Gasteiger partial charge on any atom is -0.214 e. The van der Waals surface area contributed by atoms with E-state index in [4.69, 9.17) is 11.6 Å². The van der Waals surface area contributed by atoms with Gasteiger partial charge in [0.05, 0.1) is 17.3 Å². The Labute approximate surface area is 130 Å². The molecule has 23 heavy (non-hydrogen) atoms. The summed E-state index contributed by atoms with van der Waals surface area (Å²) in [5, 5.41) is 15.1. The first-order valence-corrected chi connectivity index (χ1v) is 6.62. The molecule has 0 spiro atoms. The second-order valence-electron chi connectivity index (χ2n) is 4.62. The Bertz CT molecular complexity index is 1040. The number of nitrogens with zero attached hydrogens (tertiary/aromatic N) is 7. The van der Waals surface area contributed by atoms with Gasteiger partial charge >= 0.3 is 6.18 Å². The predicted molar refractivity (Wildman–Crippen MR) is 73.2 cm³/mol. The lowest BCUT2D eigenvalue weighted by Crippen LogP contribution is -2.16. The topological polar surface area (TPSA) is 73.8 Å². The fraction of sp³-hybridized carbons (Fsp3) is 0.0833. The Morgan fingerprint density at radius 3 is 2.70 bits per heavy atom. The molecule has 0 aliphatic carbocycles. The molecule has 0 amide bonds. The van der Waals surface area contributed by atoms with E-state index in [2.05, 4.69) is 25.6 Å². The summed E-state index contributed by atoms with van der Waals surface area (Å²) < 4.78 is 41.4. The van der Waals surface area contributed by atoms with Crippen molar-refractivity contribution in [1.29, 1.82) is 0 Å². The van der Waals surface area contributed by atoms with Gasteiger partial charge in [0, 0.05) is 5.02 Å².